The molecular weight excluding hydrogens is 536 g/mol. The molecule has 41 heavy (non-hydrogen) atoms. The van der Waals surface area contributed by atoms with E-state index in [0.29, 0.717) is 18.9 Å². The Bertz CT molecular complexity index is 1460. The Morgan fingerprint density at radius 2 is 1.73 bits per heavy atom. The number of hydrogen-bond acceptors (Lipinski definition) is 5. The summed E-state index contributed by atoms with van der Waals surface area (Å²) >= 11 is 0. The number of hydrogen-bond donors (Lipinski definition) is 3. The Labute approximate surface area is 244 Å². The quantitative estimate of drug-likeness (QED) is 0.268. The number of rotatable bonds is 13. The van der Waals surface area contributed by atoms with Gasteiger partial charge in [-0.15, -0.1) is 0 Å². The number of nitrogens with one attached hydrogen (secondary N) is 1. The normalized spacial score (nSPS) is 14.8. The molecular formula is C33H42N2O5S. The topological polar surface area (TPSA) is 107 Å². The number of aliphatic hydroxyl groups excluding tert-OH is 1. The van der Waals surface area contributed by atoms with E-state index in [1.165, 1.54) is 22.5 Å². The van der Waals surface area contributed by atoms with Crippen molar-refractivity contribution in [3.05, 3.63) is 89.0 Å². The lowest BCUT2D eigenvalue weighted by atomic mass is 9.88. The highest BCUT2D eigenvalue weighted by Gasteiger charge is 2.29. The predicted octanol–water partition coefficient (Wildman–Crippen LogP) is 4.83. The summed E-state index contributed by atoms with van der Waals surface area (Å²) in [5.41, 5.74) is 6.17. The van der Waals surface area contributed by atoms with Crippen LogP contribution in [0.3, 0.4) is 0 Å². The van der Waals surface area contributed by atoms with E-state index in [4.69, 9.17) is 5.11 Å². The average Bonchev–Trinajstić information content (AvgIpc) is 3.32. The largest absolute Gasteiger partial charge is 0.481 e. The first-order valence-corrected chi connectivity index (χ1v) is 15.7. The summed E-state index contributed by atoms with van der Waals surface area (Å²) < 4.78 is 27.9. The van der Waals surface area contributed by atoms with Crippen molar-refractivity contribution in [2.24, 2.45) is 5.92 Å². The summed E-state index contributed by atoms with van der Waals surface area (Å²) in [6.07, 6.45) is 2.74. The fraction of sp³-hybridized carbons (Fsp3) is 0.424. The first kappa shape index (κ1) is 30.9. The molecule has 0 radical (unpaired) electrons. The van der Waals surface area contributed by atoms with Crippen LogP contribution in [-0.2, 0) is 34.1 Å². The van der Waals surface area contributed by atoms with Gasteiger partial charge in [-0.25, -0.2) is 8.42 Å². The lowest BCUT2D eigenvalue weighted by molar-refractivity contribution is -0.136. The molecule has 0 unspecified atom stereocenters. The lowest BCUT2D eigenvalue weighted by Gasteiger charge is -2.31. The van der Waals surface area contributed by atoms with Gasteiger partial charge in [0.25, 0.3) is 0 Å². The molecule has 4 rings (SSSR count). The lowest BCUT2D eigenvalue weighted by Crippen LogP contribution is -2.47. The number of benzene rings is 3. The van der Waals surface area contributed by atoms with Gasteiger partial charge in [-0.05, 0) is 97.9 Å². The molecule has 1 aliphatic carbocycles. The van der Waals surface area contributed by atoms with Crippen LogP contribution in [0.4, 0.5) is 0 Å². The van der Waals surface area contributed by atoms with E-state index in [2.05, 4.69) is 43.4 Å². The van der Waals surface area contributed by atoms with Gasteiger partial charge in [0.15, 0.2) is 0 Å². The minimum Gasteiger partial charge on any atom is -0.481 e. The molecule has 0 saturated carbocycles. The van der Waals surface area contributed by atoms with Crippen molar-refractivity contribution < 1.29 is 23.4 Å². The zero-order valence-electron chi connectivity index (χ0n) is 24.4. The minimum atomic E-state index is -3.80. The van der Waals surface area contributed by atoms with E-state index in [9.17, 15) is 18.3 Å². The zero-order chi connectivity index (χ0) is 29.8. The number of β-amino-alcohol motifs (C(OH)–C–C–N with tert-alkyl or cyclic N) is 1. The molecule has 1 aliphatic rings. The second-order valence-electron chi connectivity index (χ2n) is 12.0. The third-order valence-corrected chi connectivity index (χ3v) is 9.81. The molecule has 0 aromatic heterocycles. The van der Waals surface area contributed by atoms with E-state index in [-0.39, 0.29) is 23.4 Å². The van der Waals surface area contributed by atoms with Crippen LogP contribution in [-0.4, -0.2) is 60.7 Å². The van der Waals surface area contributed by atoms with Crippen molar-refractivity contribution in [1.29, 1.82) is 0 Å². The van der Waals surface area contributed by atoms with Crippen molar-refractivity contribution in [2.75, 3.05) is 20.1 Å². The minimum absolute atomic E-state index is 0.0211. The first-order valence-electron chi connectivity index (χ1n) is 14.2. The molecule has 0 aliphatic heterocycles. The van der Waals surface area contributed by atoms with E-state index in [0.717, 1.165) is 41.5 Å². The fourth-order valence-corrected chi connectivity index (χ4v) is 7.18. The van der Waals surface area contributed by atoms with Gasteiger partial charge in [-0.2, -0.15) is 4.31 Å². The van der Waals surface area contributed by atoms with E-state index >= 15 is 0 Å². The fourth-order valence-electron chi connectivity index (χ4n) is 5.89. The van der Waals surface area contributed by atoms with Gasteiger partial charge in [0.1, 0.15) is 0 Å². The SMILES string of the molecule is Cc1cc(S(=O)(=O)N(C)C[C@H](O)CNC(C)(C)CC2Cc3ccccc3C2)ccc1-c1cccc(CCC(=O)O)c1. The molecule has 0 heterocycles. The molecule has 0 amide bonds. The summed E-state index contributed by atoms with van der Waals surface area (Å²) in [4.78, 5) is 11.1. The second kappa shape index (κ2) is 12.9. The maximum atomic E-state index is 13.3. The number of carboxylic acids is 1. The van der Waals surface area contributed by atoms with Crippen LogP contribution >= 0.6 is 0 Å². The summed E-state index contributed by atoms with van der Waals surface area (Å²) in [5.74, 6) is -0.293. The van der Waals surface area contributed by atoms with Crippen molar-refractivity contribution in [1.82, 2.24) is 9.62 Å². The van der Waals surface area contributed by atoms with Gasteiger partial charge in [0, 0.05) is 32.1 Å². The number of nitrogens with zero attached hydrogens (tertiary/aromatic N) is 1. The number of sulfonamides is 1. The van der Waals surface area contributed by atoms with Gasteiger partial charge in [-0.3, -0.25) is 4.79 Å². The third kappa shape index (κ3) is 8.04. The number of aryl methyl sites for hydroxylation is 2. The molecule has 3 N–H and O–H groups in total. The monoisotopic (exact) mass is 578 g/mol. The Hall–Kier alpha value is -3.04. The van der Waals surface area contributed by atoms with E-state index in [1.54, 1.807) is 18.2 Å². The van der Waals surface area contributed by atoms with Crippen LogP contribution in [0.15, 0.2) is 71.6 Å². The summed E-state index contributed by atoms with van der Waals surface area (Å²) in [7, 11) is -2.31. The van der Waals surface area contributed by atoms with Crippen molar-refractivity contribution >= 4 is 16.0 Å². The molecule has 1 atom stereocenters. The first-order chi connectivity index (χ1) is 19.3. The molecule has 8 heteroatoms. The number of aliphatic carboxylic acids is 1. The maximum Gasteiger partial charge on any atom is 0.303 e. The van der Waals surface area contributed by atoms with Crippen LogP contribution in [0.1, 0.15) is 48.9 Å². The van der Waals surface area contributed by atoms with Crippen LogP contribution in [0.2, 0.25) is 0 Å². The molecule has 0 spiro atoms. The predicted molar refractivity (Wildman–Crippen MR) is 162 cm³/mol. The number of fused-ring (bicyclic) bond motifs is 1. The van der Waals surface area contributed by atoms with Gasteiger partial charge in [0.05, 0.1) is 11.0 Å². The van der Waals surface area contributed by atoms with Crippen molar-refractivity contribution in [3.63, 3.8) is 0 Å². The molecule has 220 valence electrons. The van der Waals surface area contributed by atoms with Crippen LogP contribution in [0, 0.1) is 12.8 Å². The number of likely N-dealkylation sites (N-methyl/N-ethyl adjacent to an activating group) is 1. The number of carbonyl (C=O) groups is 1. The van der Waals surface area contributed by atoms with Gasteiger partial charge in [0.2, 0.25) is 10.0 Å². The van der Waals surface area contributed by atoms with E-state index in [1.807, 2.05) is 31.2 Å². The Morgan fingerprint density at radius 3 is 2.37 bits per heavy atom. The molecule has 0 saturated heterocycles. The molecule has 0 bridgehead atoms. The van der Waals surface area contributed by atoms with Crippen LogP contribution in [0.25, 0.3) is 11.1 Å². The smallest absolute Gasteiger partial charge is 0.303 e. The zero-order valence-corrected chi connectivity index (χ0v) is 25.2. The average molecular weight is 579 g/mol. The number of carboxylic acid groups (broad SMARTS) is 1. The summed E-state index contributed by atoms with van der Waals surface area (Å²) in [6, 6.07) is 21.3. The highest BCUT2D eigenvalue weighted by atomic mass is 32.2. The summed E-state index contributed by atoms with van der Waals surface area (Å²) in [6.45, 7) is 6.40. The standard InChI is InChI=1S/C33H42N2O5S/c1-23-16-30(13-14-31(23)28-11-7-8-24(17-28)12-15-32(37)38)41(39,40)35(4)22-29(36)21-34-33(2,3)20-25-18-26-9-5-6-10-27(26)19-25/h5-11,13-14,16-17,25,29,34,36H,12,15,18-22H2,1-4H3,(H,37,38)/t29-/m1/s1. The highest BCUT2D eigenvalue weighted by Crippen LogP contribution is 2.32. The van der Waals surface area contributed by atoms with Crippen LogP contribution < -0.4 is 5.32 Å². The molecule has 3 aromatic carbocycles. The number of aliphatic hydroxyl groups is 1. The van der Waals surface area contributed by atoms with Crippen molar-refractivity contribution in [2.45, 2.75) is 69.4 Å². The maximum absolute atomic E-state index is 13.3. The Balaban J connectivity index is 1.33. The van der Waals surface area contributed by atoms with Gasteiger partial charge >= 0.3 is 5.97 Å². The molecule has 3 aromatic rings. The third-order valence-electron chi connectivity index (χ3n) is 7.99. The van der Waals surface area contributed by atoms with Crippen LogP contribution in [0.5, 0.6) is 0 Å². The Kier molecular flexibility index (Phi) is 9.70. The van der Waals surface area contributed by atoms with Gasteiger partial charge in [-0.1, -0.05) is 54.6 Å². The Morgan fingerprint density at radius 1 is 1.05 bits per heavy atom. The van der Waals surface area contributed by atoms with Gasteiger partial charge < -0.3 is 15.5 Å². The molecule has 0 fully saturated rings. The molecule has 7 nitrogen and oxygen atoms in total. The van der Waals surface area contributed by atoms with Crippen molar-refractivity contribution in [3.8, 4) is 11.1 Å². The summed E-state index contributed by atoms with van der Waals surface area (Å²) in [5, 5.41) is 23.2. The second-order valence-corrected chi connectivity index (χ2v) is 14.1. The van der Waals surface area contributed by atoms with E-state index < -0.39 is 22.1 Å². The highest BCUT2D eigenvalue weighted by molar-refractivity contribution is 7.89.